The Morgan fingerprint density at radius 2 is 1.59 bits per heavy atom. The zero-order valence-electron chi connectivity index (χ0n) is 16.5. The van der Waals surface area contributed by atoms with E-state index >= 15 is 0 Å². The van der Waals surface area contributed by atoms with E-state index in [-0.39, 0.29) is 11.9 Å². The quantitative estimate of drug-likeness (QED) is 0.493. The average Bonchev–Trinajstić information content (AvgIpc) is 2.78. The maximum Gasteiger partial charge on any atom is 0.491 e. The van der Waals surface area contributed by atoms with Crippen LogP contribution in [0, 0.1) is 11.8 Å². The van der Waals surface area contributed by atoms with Gasteiger partial charge in [0.2, 0.25) is 0 Å². The number of alkyl halides is 3. The van der Waals surface area contributed by atoms with E-state index in [1.807, 2.05) is 34.6 Å². The zero-order chi connectivity index (χ0) is 20.3. The fraction of sp³-hybridized carbons (Fsp3) is 0.524. The van der Waals surface area contributed by atoms with Gasteiger partial charge in [-0.15, -0.1) is 0 Å². The van der Waals surface area contributed by atoms with Crippen molar-refractivity contribution in [3.63, 3.8) is 0 Å². The molecule has 1 heterocycles. The minimum atomic E-state index is -4.57. The number of rotatable bonds is 4. The Hall–Kier alpha value is -1.71. The van der Waals surface area contributed by atoms with Gasteiger partial charge in [-0.1, -0.05) is 49.8 Å². The molecule has 1 aliphatic rings. The van der Waals surface area contributed by atoms with Gasteiger partial charge < -0.3 is 9.31 Å². The Bertz CT molecular complexity index is 724. The second-order valence-electron chi connectivity index (χ2n) is 7.71. The summed E-state index contributed by atoms with van der Waals surface area (Å²) < 4.78 is 53.4. The molecule has 0 aliphatic carbocycles. The fourth-order valence-electron chi connectivity index (χ4n) is 2.70. The van der Waals surface area contributed by atoms with Gasteiger partial charge in [-0.2, -0.15) is 13.2 Å². The maximum absolute atomic E-state index is 13.9. The molecule has 0 bridgehead atoms. The second kappa shape index (κ2) is 8.12. The number of halogens is 3. The van der Waals surface area contributed by atoms with Crippen LogP contribution in [0.1, 0.15) is 59.4 Å². The molecule has 2 rings (SSSR count). The highest BCUT2D eigenvalue weighted by Crippen LogP contribution is 2.41. The molecule has 0 aromatic heterocycles. The van der Waals surface area contributed by atoms with Gasteiger partial charge in [-0.05, 0) is 51.7 Å². The summed E-state index contributed by atoms with van der Waals surface area (Å²) in [6, 6.07) is 8.65. The largest absolute Gasteiger partial charge is 0.491 e. The lowest BCUT2D eigenvalue weighted by atomic mass is 9.72. The highest BCUT2D eigenvalue weighted by atomic mass is 19.4. The van der Waals surface area contributed by atoms with Gasteiger partial charge in [0.25, 0.3) is 0 Å². The van der Waals surface area contributed by atoms with Crippen LogP contribution in [-0.2, 0) is 9.31 Å². The van der Waals surface area contributed by atoms with Crippen LogP contribution in [0.5, 0.6) is 0 Å². The Balaban J connectivity index is 2.53. The standard InChI is InChI=1S/C21H26BF3O2/c1-6-7-13-18(22-26-19(2,3)20(4,5)27-22)17(21(23,24)25)15-14-16-11-9-8-10-12-16/h8-12H,6-7,13H2,1-5H3/b18-17+. The van der Waals surface area contributed by atoms with Crippen LogP contribution in [0.4, 0.5) is 13.2 Å². The summed E-state index contributed by atoms with van der Waals surface area (Å²) in [6.45, 7) is 9.24. The van der Waals surface area contributed by atoms with E-state index < -0.39 is 30.1 Å². The van der Waals surface area contributed by atoms with E-state index in [1.165, 1.54) is 0 Å². The molecule has 2 nitrogen and oxygen atoms in total. The summed E-state index contributed by atoms with van der Waals surface area (Å²) in [5.74, 6) is 5.00. The molecule has 1 aromatic rings. The van der Waals surface area contributed by atoms with Crippen molar-refractivity contribution in [1.29, 1.82) is 0 Å². The topological polar surface area (TPSA) is 18.5 Å². The van der Waals surface area contributed by atoms with Crippen LogP contribution in [0.3, 0.4) is 0 Å². The van der Waals surface area contributed by atoms with E-state index in [0.717, 1.165) is 6.42 Å². The third-order valence-electron chi connectivity index (χ3n) is 5.05. The van der Waals surface area contributed by atoms with Crippen LogP contribution < -0.4 is 0 Å². The first-order valence-electron chi connectivity index (χ1n) is 9.21. The van der Waals surface area contributed by atoms with Crippen LogP contribution >= 0.6 is 0 Å². The predicted molar refractivity (Wildman–Crippen MR) is 102 cm³/mol. The van der Waals surface area contributed by atoms with Crippen molar-refractivity contribution in [3.05, 3.63) is 46.9 Å². The highest BCUT2D eigenvalue weighted by Gasteiger charge is 2.54. The Kier molecular flexibility index (Phi) is 6.49. The van der Waals surface area contributed by atoms with E-state index in [9.17, 15) is 13.2 Å². The second-order valence-corrected chi connectivity index (χ2v) is 7.71. The summed E-state index contributed by atoms with van der Waals surface area (Å²) in [6.07, 6.45) is -2.98. The molecule has 1 fully saturated rings. The minimum Gasteiger partial charge on any atom is -0.400 e. The summed E-state index contributed by atoms with van der Waals surface area (Å²) in [5.41, 5.74) is -1.68. The van der Waals surface area contributed by atoms with Gasteiger partial charge in [0.15, 0.2) is 0 Å². The smallest absolute Gasteiger partial charge is 0.400 e. The Morgan fingerprint density at radius 3 is 2.07 bits per heavy atom. The van der Waals surface area contributed by atoms with Gasteiger partial charge in [0.1, 0.15) is 5.57 Å². The van der Waals surface area contributed by atoms with Crippen molar-refractivity contribution >= 4 is 7.12 Å². The van der Waals surface area contributed by atoms with E-state index in [2.05, 4.69) is 11.8 Å². The average molecular weight is 378 g/mol. The summed E-state index contributed by atoms with van der Waals surface area (Å²) in [4.78, 5) is 0. The molecule has 27 heavy (non-hydrogen) atoms. The minimum absolute atomic E-state index is 0.0754. The molecule has 1 aliphatic heterocycles. The summed E-state index contributed by atoms with van der Waals surface area (Å²) in [7, 11) is -1.05. The lowest BCUT2D eigenvalue weighted by Crippen LogP contribution is -2.41. The fourth-order valence-corrected chi connectivity index (χ4v) is 2.70. The molecule has 0 spiro atoms. The first-order valence-corrected chi connectivity index (χ1v) is 9.21. The van der Waals surface area contributed by atoms with Crippen LogP contribution in [0.15, 0.2) is 41.4 Å². The van der Waals surface area contributed by atoms with Gasteiger partial charge >= 0.3 is 13.3 Å². The molecule has 1 aromatic carbocycles. The first-order chi connectivity index (χ1) is 12.5. The Labute approximate surface area is 160 Å². The van der Waals surface area contributed by atoms with Crippen molar-refractivity contribution in [3.8, 4) is 11.8 Å². The molecule has 1 saturated heterocycles. The van der Waals surface area contributed by atoms with Gasteiger partial charge in [0, 0.05) is 5.56 Å². The number of hydrogen-bond acceptors (Lipinski definition) is 2. The van der Waals surface area contributed by atoms with Crippen molar-refractivity contribution in [2.45, 2.75) is 71.3 Å². The van der Waals surface area contributed by atoms with Crippen molar-refractivity contribution in [1.82, 2.24) is 0 Å². The molecular formula is C21H26BF3O2. The summed E-state index contributed by atoms with van der Waals surface area (Å²) >= 11 is 0. The SMILES string of the molecule is CCCC/C(B1OC(C)(C)C(C)(C)O1)=C(/C#Cc1ccccc1)C(F)(F)F. The molecule has 0 N–H and O–H groups in total. The van der Waals surface area contributed by atoms with Crippen LogP contribution in [0.25, 0.3) is 0 Å². The first kappa shape index (κ1) is 21.6. The van der Waals surface area contributed by atoms with Crippen LogP contribution in [0.2, 0.25) is 0 Å². The van der Waals surface area contributed by atoms with Gasteiger partial charge in [0.05, 0.1) is 11.2 Å². The number of hydrogen-bond donors (Lipinski definition) is 0. The zero-order valence-corrected chi connectivity index (χ0v) is 16.5. The molecule has 0 unspecified atom stereocenters. The normalized spacial score (nSPS) is 19.3. The molecule has 6 heteroatoms. The maximum atomic E-state index is 13.9. The molecule has 0 atom stereocenters. The Morgan fingerprint density at radius 1 is 1.04 bits per heavy atom. The highest BCUT2D eigenvalue weighted by molar-refractivity contribution is 6.55. The molecular weight excluding hydrogens is 352 g/mol. The van der Waals surface area contributed by atoms with Crippen LogP contribution in [-0.4, -0.2) is 24.5 Å². The van der Waals surface area contributed by atoms with Crippen molar-refractivity contribution < 1.29 is 22.5 Å². The monoisotopic (exact) mass is 378 g/mol. The van der Waals surface area contributed by atoms with Gasteiger partial charge in [-0.25, -0.2) is 0 Å². The number of benzene rings is 1. The molecule has 0 amide bonds. The number of allylic oxidation sites excluding steroid dienone is 2. The van der Waals surface area contributed by atoms with E-state index in [1.54, 1.807) is 30.3 Å². The molecule has 146 valence electrons. The van der Waals surface area contributed by atoms with E-state index in [4.69, 9.17) is 9.31 Å². The predicted octanol–water partition coefficient (Wildman–Crippen LogP) is 5.72. The molecule has 0 saturated carbocycles. The lowest BCUT2D eigenvalue weighted by molar-refractivity contribution is -0.0879. The van der Waals surface area contributed by atoms with Gasteiger partial charge in [-0.3, -0.25) is 0 Å². The van der Waals surface area contributed by atoms with Crippen molar-refractivity contribution in [2.75, 3.05) is 0 Å². The van der Waals surface area contributed by atoms with E-state index in [0.29, 0.717) is 12.0 Å². The van der Waals surface area contributed by atoms with Crippen molar-refractivity contribution in [2.24, 2.45) is 0 Å². The summed E-state index contributed by atoms with van der Waals surface area (Å²) in [5, 5.41) is 0. The lowest BCUT2D eigenvalue weighted by Gasteiger charge is -2.32. The third kappa shape index (κ3) is 5.18. The third-order valence-corrected chi connectivity index (χ3v) is 5.05. The number of unbranched alkanes of at least 4 members (excludes halogenated alkanes) is 1. The molecule has 0 radical (unpaired) electrons.